The van der Waals surface area contributed by atoms with E-state index in [-0.39, 0.29) is 0 Å². The summed E-state index contributed by atoms with van der Waals surface area (Å²) in [6.45, 7) is 4.93. The van der Waals surface area contributed by atoms with Crippen molar-refractivity contribution in [3.05, 3.63) is 63.6 Å². The Hall–Kier alpha value is -1.22. The fraction of sp³-hybridized carbons (Fsp3) is 0.294. The van der Waals surface area contributed by atoms with Crippen LogP contribution < -0.4 is 5.73 Å². The molecule has 0 aliphatic carbocycles. The summed E-state index contributed by atoms with van der Waals surface area (Å²) < 4.78 is 0. The van der Waals surface area contributed by atoms with E-state index in [1.165, 1.54) is 11.1 Å². The van der Waals surface area contributed by atoms with Crippen molar-refractivity contribution in [1.82, 2.24) is 4.90 Å². The van der Waals surface area contributed by atoms with Crippen LogP contribution in [0.1, 0.15) is 24.5 Å². The summed E-state index contributed by atoms with van der Waals surface area (Å²) in [4.78, 5) is 2.38. The largest absolute Gasteiger partial charge is 0.399 e. The SMILES string of the molecule is CCCN(Cc1cccc(N)c1)Cc1ccc(Cl)c(Cl)c1. The summed E-state index contributed by atoms with van der Waals surface area (Å²) in [6, 6.07) is 13.8. The van der Waals surface area contributed by atoms with Crippen LogP contribution >= 0.6 is 23.2 Å². The molecule has 0 unspecified atom stereocenters. The van der Waals surface area contributed by atoms with Gasteiger partial charge < -0.3 is 5.73 Å². The number of hydrogen-bond acceptors (Lipinski definition) is 2. The second kappa shape index (κ2) is 7.69. The molecule has 2 aromatic carbocycles. The third kappa shape index (κ3) is 4.92. The fourth-order valence-corrected chi connectivity index (χ4v) is 2.70. The van der Waals surface area contributed by atoms with Gasteiger partial charge >= 0.3 is 0 Å². The van der Waals surface area contributed by atoms with Gasteiger partial charge in [-0.2, -0.15) is 0 Å². The Bertz CT molecular complexity index is 599. The molecule has 0 aliphatic heterocycles. The second-order valence-electron chi connectivity index (χ2n) is 5.20. The molecule has 2 aromatic rings. The van der Waals surface area contributed by atoms with Crippen LogP contribution in [0.4, 0.5) is 5.69 Å². The van der Waals surface area contributed by atoms with Crippen LogP contribution in [-0.4, -0.2) is 11.4 Å². The van der Waals surface area contributed by atoms with Crippen LogP contribution in [0.25, 0.3) is 0 Å². The highest BCUT2D eigenvalue weighted by Gasteiger charge is 2.08. The maximum atomic E-state index is 6.09. The molecule has 0 atom stereocenters. The highest BCUT2D eigenvalue weighted by Crippen LogP contribution is 2.23. The van der Waals surface area contributed by atoms with Crippen LogP contribution in [-0.2, 0) is 13.1 Å². The van der Waals surface area contributed by atoms with Crippen molar-refractivity contribution < 1.29 is 0 Å². The highest BCUT2D eigenvalue weighted by atomic mass is 35.5. The molecule has 0 fully saturated rings. The molecule has 2 rings (SSSR count). The third-order valence-corrected chi connectivity index (χ3v) is 4.03. The van der Waals surface area contributed by atoms with Gasteiger partial charge in [-0.15, -0.1) is 0 Å². The van der Waals surface area contributed by atoms with Crippen LogP contribution in [0.2, 0.25) is 10.0 Å². The number of halogens is 2. The van der Waals surface area contributed by atoms with Gasteiger partial charge in [0, 0.05) is 18.8 Å². The Morgan fingerprint density at radius 1 is 0.952 bits per heavy atom. The molecule has 0 spiro atoms. The van der Waals surface area contributed by atoms with Gasteiger partial charge in [-0.05, 0) is 48.4 Å². The molecular weight excluding hydrogens is 303 g/mol. The lowest BCUT2D eigenvalue weighted by molar-refractivity contribution is 0.257. The zero-order chi connectivity index (χ0) is 15.2. The van der Waals surface area contributed by atoms with Gasteiger partial charge in [-0.3, -0.25) is 4.90 Å². The van der Waals surface area contributed by atoms with E-state index in [9.17, 15) is 0 Å². The lowest BCUT2D eigenvalue weighted by Gasteiger charge is -2.22. The zero-order valence-corrected chi connectivity index (χ0v) is 13.7. The molecule has 4 heteroatoms. The lowest BCUT2D eigenvalue weighted by Crippen LogP contribution is -2.23. The van der Waals surface area contributed by atoms with Crippen molar-refractivity contribution >= 4 is 28.9 Å². The molecule has 0 aromatic heterocycles. The Balaban J connectivity index is 2.09. The highest BCUT2D eigenvalue weighted by molar-refractivity contribution is 6.42. The topological polar surface area (TPSA) is 29.3 Å². The molecule has 2 N–H and O–H groups in total. The van der Waals surface area contributed by atoms with Gasteiger partial charge in [-0.25, -0.2) is 0 Å². The molecule has 2 nitrogen and oxygen atoms in total. The number of benzene rings is 2. The molecule has 0 saturated heterocycles. The molecule has 0 heterocycles. The van der Waals surface area contributed by atoms with Gasteiger partial charge in [0.2, 0.25) is 0 Å². The Morgan fingerprint density at radius 3 is 2.29 bits per heavy atom. The van der Waals surface area contributed by atoms with Gasteiger partial charge in [0.05, 0.1) is 10.0 Å². The van der Waals surface area contributed by atoms with E-state index >= 15 is 0 Å². The minimum Gasteiger partial charge on any atom is -0.399 e. The number of anilines is 1. The van der Waals surface area contributed by atoms with E-state index in [0.717, 1.165) is 31.7 Å². The van der Waals surface area contributed by atoms with Crippen molar-refractivity contribution in [2.24, 2.45) is 0 Å². The Morgan fingerprint density at radius 2 is 1.67 bits per heavy atom. The molecule has 0 amide bonds. The normalized spacial score (nSPS) is 11.0. The Kier molecular flexibility index (Phi) is 5.92. The summed E-state index contributed by atoms with van der Waals surface area (Å²) in [6.07, 6.45) is 1.10. The average molecular weight is 323 g/mol. The van der Waals surface area contributed by atoms with E-state index in [4.69, 9.17) is 28.9 Å². The summed E-state index contributed by atoms with van der Waals surface area (Å²) in [5.41, 5.74) is 9.04. The van der Waals surface area contributed by atoms with Crippen LogP contribution in [0.5, 0.6) is 0 Å². The number of nitrogens with zero attached hydrogens (tertiary/aromatic N) is 1. The van der Waals surface area contributed by atoms with Crippen LogP contribution in [0, 0.1) is 0 Å². The predicted molar refractivity (Wildman–Crippen MR) is 91.7 cm³/mol. The van der Waals surface area contributed by atoms with E-state index < -0.39 is 0 Å². The van der Waals surface area contributed by atoms with Gasteiger partial charge in [0.15, 0.2) is 0 Å². The van der Waals surface area contributed by atoms with Gasteiger partial charge in [0.1, 0.15) is 0 Å². The maximum Gasteiger partial charge on any atom is 0.0595 e. The average Bonchev–Trinajstić information content (AvgIpc) is 2.43. The lowest BCUT2D eigenvalue weighted by atomic mass is 10.1. The van der Waals surface area contributed by atoms with Crippen LogP contribution in [0.15, 0.2) is 42.5 Å². The van der Waals surface area contributed by atoms with Gasteiger partial charge in [-0.1, -0.05) is 48.3 Å². The second-order valence-corrected chi connectivity index (χ2v) is 6.02. The molecular formula is C17H20Cl2N2. The number of nitrogen functional groups attached to an aromatic ring is 1. The molecule has 21 heavy (non-hydrogen) atoms. The first kappa shape index (κ1) is 16.2. The van der Waals surface area contributed by atoms with Crippen molar-refractivity contribution in [2.75, 3.05) is 12.3 Å². The number of rotatable bonds is 6. The van der Waals surface area contributed by atoms with Crippen molar-refractivity contribution in [3.8, 4) is 0 Å². The van der Waals surface area contributed by atoms with Crippen LogP contribution in [0.3, 0.4) is 0 Å². The van der Waals surface area contributed by atoms with E-state index in [0.29, 0.717) is 10.0 Å². The van der Waals surface area contributed by atoms with E-state index in [1.54, 1.807) is 0 Å². The maximum absolute atomic E-state index is 6.09. The summed E-state index contributed by atoms with van der Waals surface area (Å²) >= 11 is 12.1. The minimum absolute atomic E-state index is 0.596. The fourth-order valence-electron chi connectivity index (χ4n) is 2.38. The first-order valence-electron chi connectivity index (χ1n) is 7.09. The van der Waals surface area contributed by atoms with Crippen molar-refractivity contribution in [3.63, 3.8) is 0 Å². The Labute approximate surface area is 136 Å². The minimum atomic E-state index is 0.596. The number of nitrogens with two attached hydrogens (primary N) is 1. The van der Waals surface area contributed by atoms with Crippen molar-refractivity contribution in [2.45, 2.75) is 26.4 Å². The molecule has 0 aliphatic rings. The predicted octanol–water partition coefficient (Wildman–Crippen LogP) is 4.99. The summed E-state index contributed by atoms with van der Waals surface area (Å²) in [5, 5.41) is 1.20. The first-order chi connectivity index (χ1) is 10.1. The quantitative estimate of drug-likeness (QED) is 0.759. The first-order valence-corrected chi connectivity index (χ1v) is 7.84. The third-order valence-electron chi connectivity index (χ3n) is 3.29. The monoisotopic (exact) mass is 322 g/mol. The standard InChI is InChI=1S/C17H20Cl2N2/c1-2-8-21(11-13-4-3-5-15(20)9-13)12-14-6-7-16(18)17(19)10-14/h3-7,9-10H,2,8,11-12,20H2,1H3. The van der Waals surface area contributed by atoms with E-state index in [2.05, 4.69) is 17.9 Å². The molecule has 0 bridgehead atoms. The molecule has 0 saturated carbocycles. The zero-order valence-electron chi connectivity index (χ0n) is 12.2. The molecule has 112 valence electrons. The van der Waals surface area contributed by atoms with E-state index in [1.807, 2.05) is 36.4 Å². The van der Waals surface area contributed by atoms with Crippen molar-refractivity contribution in [1.29, 1.82) is 0 Å². The molecule has 0 radical (unpaired) electrons. The summed E-state index contributed by atoms with van der Waals surface area (Å²) in [7, 11) is 0. The summed E-state index contributed by atoms with van der Waals surface area (Å²) in [5.74, 6) is 0. The number of hydrogen-bond donors (Lipinski definition) is 1. The smallest absolute Gasteiger partial charge is 0.0595 e. The van der Waals surface area contributed by atoms with Gasteiger partial charge in [0.25, 0.3) is 0 Å².